The molecule has 0 saturated carbocycles. The van der Waals surface area contributed by atoms with E-state index in [-0.39, 0.29) is 10.9 Å². The SMILES string of the molecule is CCC1(C)NC(=O)N(Nc2nc3cc(S(=O)(=O)N4CCCCC4)ccc3o2)C1=O. The number of nitrogens with one attached hydrogen (secondary N) is 2. The molecule has 3 amide bonds. The number of fused-ring (bicyclic) bond motifs is 1. The third kappa shape index (κ3) is 3.33. The lowest BCUT2D eigenvalue weighted by atomic mass is 10.00. The van der Waals surface area contributed by atoms with Gasteiger partial charge in [-0.1, -0.05) is 13.3 Å². The number of aromatic nitrogens is 1. The van der Waals surface area contributed by atoms with E-state index >= 15 is 0 Å². The summed E-state index contributed by atoms with van der Waals surface area (Å²) in [5.74, 6) is -0.444. The minimum atomic E-state index is -3.60. The summed E-state index contributed by atoms with van der Waals surface area (Å²) in [6.07, 6.45) is 3.16. The highest BCUT2D eigenvalue weighted by atomic mass is 32.2. The zero-order chi connectivity index (χ0) is 20.8. The molecule has 1 atom stereocenters. The van der Waals surface area contributed by atoms with Crippen LogP contribution in [-0.4, -0.2) is 53.3 Å². The number of imide groups is 1. The summed E-state index contributed by atoms with van der Waals surface area (Å²) in [5, 5.41) is 3.44. The second-order valence-corrected chi connectivity index (χ2v) is 9.42. The van der Waals surface area contributed by atoms with E-state index < -0.39 is 27.5 Å². The van der Waals surface area contributed by atoms with Gasteiger partial charge in [-0.25, -0.2) is 18.6 Å². The lowest BCUT2D eigenvalue weighted by molar-refractivity contribution is -0.130. The standard InChI is InChI=1S/C18H23N5O5S/c1-3-18(2)15(24)23(17(25)20-18)21-16-19-13-11-12(7-8-14(13)28-16)29(26,27)22-9-5-4-6-10-22/h7-8,11H,3-6,9-10H2,1-2H3,(H,19,21)(H,20,25). The van der Waals surface area contributed by atoms with Crippen LogP contribution in [0, 0.1) is 0 Å². The molecule has 3 heterocycles. The number of amides is 3. The summed E-state index contributed by atoms with van der Waals surface area (Å²) in [6, 6.07) is 3.76. The molecular formula is C18H23N5O5S. The van der Waals surface area contributed by atoms with Gasteiger partial charge in [-0.05, 0) is 44.4 Å². The van der Waals surface area contributed by atoms with Crippen LogP contribution in [0.4, 0.5) is 10.8 Å². The first-order valence-electron chi connectivity index (χ1n) is 9.59. The number of hydrogen-bond donors (Lipinski definition) is 2. The van der Waals surface area contributed by atoms with Crippen LogP contribution < -0.4 is 10.7 Å². The number of oxazole rings is 1. The van der Waals surface area contributed by atoms with Gasteiger partial charge < -0.3 is 9.73 Å². The van der Waals surface area contributed by atoms with Gasteiger partial charge in [-0.2, -0.15) is 14.3 Å². The third-order valence-electron chi connectivity index (χ3n) is 5.49. The van der Waals surface area contributed by atoms with Crippen LogP contribution in [0.3, 0.4) is 0 Å². The second kappa shape index (κ2) is 6.99. The van der Waals surface area contributed by atoms with Crippen molar-refractivity contribution in [3.05, 3.63) is 18.2 Å². The quantitative estimate of drug-likeness (QED) is 0.708. The summed E-state index contributed by atoms with van der Waals surface area (Å²) < 4.78 is 32.7. The van der Waals surface area contributed by atoms with E-state index in [4.69, 9.17) is 4.42 Å². The predicted molar refractivity (Wildman–Crippen MR) is 104 cm³/mol. The van der Waals surface area contributed by atoms with Crippen molar-refractivity contribution >= 4 is 39.1 Å². The number of carbonyl (C=O) groups is 2. The highest BCUT2D eigenvalue weighted by molar-refractivity contribution is 7.89. The molecule has 2 aliphatic rings. The van der Waals surface area contributed by atoms with Crippen molar-refractivity contribution in [3.63, 3.8) is 0 Å². The minimum Gasteiger partial charge on any atom is -0.422 e. The predicted octanol–water partition coefficient (Wildman–Crippen LogP) is 2.05. The Morgan fingerprint density at radius 3 is 2.62 bits per heavy atom. The molecule has 1 unspecified atom stereocenters. The maximum absolute atomic E-state index is 12.9. The first-order chi connectivity index (χ1) is 13.7. The lowest BCUT2D eigenvalue weighted by Gasteiger charge is -2.25. The molecule has 0 spiro atoms. The van der Waals surface area contributed by atoms with Crippen LogP contribution in [-0.2, 0) is 14.8 Å². The molecule has 11 heteroatoms. The molecule has 0 radical (unpaired) electrons. The Kier molecular flexibility index (Phi) is 4.74. The molecule has 10 nitrogen and oxygen atoms in total. The van der Waals surface area contributed by atoms with Crippen molar-refractivity contribution in [1.29, 1.82) is 0 Å². The van der Waals surface area contributed by atoms with E-state index in [0.29, 0.717) is 30.6 Å². The molecule has 2 aliphatic heterocycles. The number of carbonyl (C=O) groups excluding carboxylic acids is 2. The molecule has 0 aliphatic carbocycles. The van der Waals surface area contributed by atoms with Crippen molar-refractivity contribution in [2.45, 2.75) is 50.0 Å². The van der Waals surface area contributed by atoms with Crippen LogP contribution >= 0.6 is 0 Å². The van der Waals surface area contributed by atoms with Crippen molar-refractivity contribution in [3.8, 4) is 0 Å². The molecular weight excluding hydrogens is 398 g/mol. The highest BCUT2D eigenvalue weighted by Gasteiger charge is 2.47. The van der Waals surface area contributed by atoms with Crippen molar-refractivity contribution in [1.82, 2.24) is 19.6 Å². The number of urea groups is 1. The van der Waals surface area contributed by atoms with Gasteiger partial charge in [0.05, 0.1) is 4.90 Å². The van der Waals surface area contributed by atoms with Crippen molar-refractivity contribution in [2.24, 2.45) is 0 Å². The largest absolute Gasteiger partial charge is 0.422 e. The number of hydrazine groups is 1. The van der Waals surface area contributed by atoms with E-state index in [1.54, 1.807) is 13.8 Å². The number of sulfonamides is 1. The first-order valence-corrected chi connectivity index (χ1v) is 11.0. The van der Waals surface area contributed by atoms with Gasteiger partial charge in [-0.3, -0.25) is 4.79 Å². The van der Waals surface area contributed by atoms with Gasteiger partial charge in [-0.15, -0.1) is 0 Å². The first kappa shape index (κ1) is 19.6. The summed E-state index contributed by atoms with van der Waals surface area (Å²) in [6.45, 7) is 4.45. The van der Waals surface area contributed by atoms with E-state index in [0.717, 1.165) is 24.3 Å². The Hall–Kier alpha value is -2.66. The molecule has 29 heavy (non-hydrogen) atoms. The molecule has 1 aromatic carbocycles. The van der Waals surface area contributed by atoms with Gasteiger partial charge in [0.2, 0.25) is 10.0 Å². The number of anilines is 1. The molecule has 156 valence electrons. The van der Waals surface area contributed by atoms with Gasteiger partial charge in [0, 0.05) is 13.1 Å². The molecule has 2 fully saturated rings. The van der Waals surface area contributed by atoms with Gasteiger partial charge in [0.15, 0.2) is 5.58 Å². The summed E-state index contributed by atoms with van der Waals surface area (Å²) in [5.41, 5.74) is 2.24. The van der Waals surface area contributed by atoms with E-state index in [9.17, 15) is 18.0 Å². The third-order valence-corrected chi connectivity index (χ3v) is 7.38. The molecule has 2 saturated heterocycles. The number of nitrogens with zero attached hydrogens (tertiary/aromatic N) is 3. The zero-order valence-electron chi connectivity index (χ0n) is 16.3. The van der Waals surface area contributed by atoms with Crippen LogP contribution in [0.25, 0.3) is 11.1 Å². The Morgan fingerprint density at radius 2 is 1.97 bits per heavy atom. The minimum absolute atomic E-state index is 0.0728. The number of rotatable bonds is 5. The molecule has 1 aromatic heterocycles. The molecule has 0 bridgehead atoms. The molecule has 2 N–H and O–H groups in total. The van der Waals surface area contributed by atoms with E-state index in [1.165, 1.54) is 22.5 Å². The van der Waals surface area contributed by atoms with Crippen LogP contribution in [0.1, 0.15) is 39.5 Å². The Balaban J connectivity index is 1.59. The van der Waals surface area contributed by atoms with Crippen LogP contribution in [0.5, 0.6) is 0 Å². The zero-order valence-corrected chi connectivity index (χ0v) is 17.1. The summed E-state index contributed by atoms with van der Waals surface area (Å²) in [7, 11) is -3.60. The smallest absolute Gasteiger partial charge is 0.344 e. The van der Waals surface area contributed by atoms with Crippen molar-refractivity contribution < 1.29 is 22.4 Å². The topological polar surface area (TPSA) is 125 Å². The second-order valence-electron chi connectivity index (χ2n) is 7.48. The number of piperidine rings is 1. The number of hydrogen-bond acceptors (Lipinski definition) is 7. The maximum atomic E-state index is 12.9. The summed E-state index contributed by atoms with van der Waals surface area (Å²) >= 11 is 0. The van der Waals surface area contributed by atoms with Crippen LogP contribution in [0.15, 0.2) is 27.5 Å². The van der Waals surface area contributed by atoms with E-state index in [1.807, 2.05) is 0 Å². The monoisotopic (exact) mass is 421 g/mol. The molecule has 4 rings (SSSR count). The normalized spacial score (nSPS) is 23.6. The fourth-order valence-corrected chi connectivity index (χ4v) is 5.03. The highest BCUT2D eigenvalue weighted by Crippen LogP contribution is 2.27. The molecule has 2 aromatic rings. The Morgan fingerprint density at radius 1 is 1.24 bits per heavy atom. The Bertz CT molecular complexity index is 1080. The Labute approximate surface area is 168 Å². The fraction of sp³-hybridized carbons (Fsp3) is 0.500. The lowest BCUT2D eigenvalue weighted by Crippen LogP contribution is -2.43. The summed E-state index contributed by atoms with van der Waals surface area (Å²) in [4.78, 5) is 28.9. The maximum Gasteiger partial charge on any atom is 0.344 e. The van der Waals surface area contributed by atoms with Crippen LogP contribution in [0.2, 0.25) is 0 Å². The average Bonchev–Trinajstić information content (AvgIpc) is 3.22. The van der Waals surface area contributed by atoms with Gasteiger partial charge in [0.1, 0.15) is 11.1 Å². The fourth-order valence-electron chi connectivity index (χ4n) is 3.49. The van der Waals surface area contributed by atoms with Gasteiger partial charge >= 0.3 is 12.0 Å². The van der Waals surface area contributed by atoms with E-state index in [2.05, 4.69) is 15.7 Å². The van der Waals surface area contributed by atoms with Crippen molar-refractivity contribution in [2.75, 3.05) is 18.5 Å². The van der Waals surface area contributed by atoms with Gasteiger partial charge in [0.25, 0.3) is 5.91 Å². The number of benzene rings is 1. The average molecular weight is 421 g/mol.